The molecule has 0 amide bonds. The molecule has 5 aromatic rings. The van der Waals surface area contributed by atoms with Crippen molar-refractivity contribution in [3.8, 4) is 0 Å². The Hall–Kier alpha value is -3.04. The van der Waals surface area contributed by atoms with Crippen LogP contribution in [0.5, 0.6) is 0 Å². The molecule has 0 fully saturated rings. The van der Waals surface area contributed by atoms with Crippen molar-refractivity contribution < 1.29 is 4.39 Å². The Labute approximate surface area is 165 Å². The zero-order chi connectivity index (χ0) is 19.3. The maximum atomic E-state index is 14.1. The van der Waals surface area contributed by atoms with E-state index in [1.807, 2.05) is 17.5 Å². The first-order valence-electron chi connectivity index (χ1n) is 8.49. The minimum Gasteiger partial charge on any atom is -0.270 e. The van der Waals surface area contributed by atoms with Gasteiger partial charge in [-0.2, -0.15) is 0 Å². The molecule has 0 saturated carbocycles. The molecule has 0 aliphatic carbocycles. The molecule has 0 aliphatic heterocycles. The Morgan fingerprint density at radius 1 is 0.964 bits per heavy atom. The van der Waals surface area contributed by atoms with Crippen LogP contribution in [0.15, 0.2) is 62.8 Å². The van der Waals surface area contributed by atoms with Crippen LogP contribution in [-0.4, -0.2) is 18.7 Å². The van der Waals surface area contributed by atoms with Gasteiger partial charge in [-0.1, -0.05) is 24.3 Å². The summed E-state index contributed by atoms with van der Waals surface area (Å²) in [5.74, 6) is -0.145. The molecular formula is C19H13FN4O2S2. The molecule has 4 heterocycles. The number of fused-ring (bicyclic) bond motifs is 3. The van der Waals surface area contributed by atoms with Gasteiger partial charge in [0, 0.05) is 10.4 Å². The molecule has 0 aliphatic rings. The van der Waals surface area contributed by atoms with Gasteiger partial charge in [-0.3, -0.25) is 9.36 Å². The predicted octanol–water partition coefficient (Wildman–Crippen LogP) is 3.17. The second kappa shape index (κ2) is 6.54. The highest BCUT2D eigenvalue weighted by atomic mass is 32.1. The van der Waals surface area contributed by atoms with E-state index in [2.05, 4.69) is 5.10 Å². The van der Waals surface area contributed by atoms with Crippen LogP contribution in [0.3, 0.4) is 0 Å². The van der Waals surface area contributed by atoms with Crippen LogP contribution < -0.4 is 11.2 Å². The third kappa shape index (κ3) is 2.62. The van der Waals surface area contributed by atoms with Crippen molar-refractivity contribution in [2.24, 2.45) is 0 Å². The molecule has 0 unspecified atom stereocenters. The van der Waals surface area contributed by atoms with Crippen LogP contribution in [0.2, 0.25) is 0 Å². The lowest BCUT2D eigenvalue weighted by molar-refractivity contribution is 0.577. The number of aromatic nitrogens is 4. The zero-order valence-corrected chi connectivity index (χ0v) is 16.0. The minimum atomic E-state index is -0.401. The van der Waals surface area contributed by atoms with Gasteiger partial charge in [0.2, 0.25) is 5.78 Å². The second-order valence-electron chi connectivity index (χ2n) is 6.27. The summed E-state index contributed by atoms with van der Waals surface area (Å²) < 4.78 is 18.7. The molecule has 0 bridgehead atoms. The lowest BCUT2D eigenvalue weighted by atomic mass is 10.2. The number of halogens is 1. The van der Waals surface area contributed by atoms with E-state index in [1.165, 1.54) is 42.4 Å². The highest BCUT2D eigenvalue weighted by Crippen LogP contribution is 2.19. The van der Waals surface area contributed by atoms with Crippen molar-refractivity contribution in [3.05, 3.63) is 90.3 Å². The van der Waals surface area contributed by atoms with Crippen LogP contribution in [0.1, 0.15) is 10.4 Å². The van der Waals surface area contributed by atoms with E-state index in [9.17, 15) is 14.0 Å². The van der Waals surface area contributed by atoms with Crippen LogP contribution in [0.4, 0.5) is 4.39 Å². The Morgan fingerprint density at radius 2 is 1.82 bits per heavy atom. The van der Waals surface area contributed by atoms with Gasteiger partial charge in [-0.05, 0) is 29.0 Å². The van der Waals surface area contributed by atoms with E-state index in [0.29, 0.717) is 22.3 Å². The first kappa shape index (κ1) is 17.1. The topological polar surface area (TPSA) is 61.3 Å². The van der Waals surface area contributed by atoms with Crippen molar-refractivity contribution >= 4 is 38.7 Å². The molecule has 0 saturated heterocycles. The fraction of sp³-hybridized carbons (Fsp3) is 0.105. The fourth-order valence-corrected chi connectivity index (χ4v) is 4.74. The van der Waals surface area contributed by atoms with Gasteiger partial charge in [0.05, 0.1) is 18.6 Å². The SMILES string of the molecule is O=c1c2sccc2n2c(=O)n(Cc3ccccc3F)nc2n1Cc1cccs1. The number of benzene rings is 1. The summed E-state index contributed by atoms with van der Waals surface area (Å²) in [5, 5.41) is 8.11. The summed E-state index contributed by atoms with van der Waals surface area (Å²) in [6, 6.07) is 11.8. The van der Waals surface area contributed by atoms with Gasteiger partial charge in [-0.15, -0.1) is 27.8 Å². The monoisotopic (exact) mass is 412 g/mol. The van der Waals surface area contributed by atoms with Gasteiger partial charge in [0.15, 0.2) is 0 Å². The maximum Gasteiger partial charge on any atom is 0.352 e. The summed E-state index contributed by atoms with van der Waals surface area (Å²) in [6.07, 6.45) is 0. The summed E-state index contributed by atoms with van der Waals surface area (Å²) in [5.41, 5.74) is 0.300. The van der Waals surface area contributed by atoms with Crippen molar-refractivity contribution in [1.82, 2.24) is 18.7 Å². The van der Waals surface area contributed by atoms with Crippen LogP contribution in [0.25, 0.3) is 16.0 Å². The van der Waals surface area contributed by atoms with Crippen molar-refractivity contribution in [3.63, 3.8) is 0 Å². The van der Waals surface area contributed by atoms with Gasteiger partial charge in [0.1, 0.15) is 10.5 Å². The molecule has 1 aromatic carbocycles. The lowest BCUT2D eigenvalue weighted by Gasteiger charge is -2.06. The zero-order valence-electron chi connectivity index (χ0n) is 14.4. The number of rotatable bonds is 4. The molecule has 0 radical (unpaired) electrons. The highest BCUT2D eigenvalue weighted by Gasteiger charge is 2.19. The molecule has 4 aromatic heterocycles. The molecule has 6 nitrogen and oxygen atoms in total. The average molecular weight is 412 g/mol. The van der Waals surface area contributed by atoms with Crippen LogP contribution >= 0.6 is 22.7 Å². The molecule has 28 heavy (non-hydrogen) atoms. The number of nitrogens with zero attached hydrogens (tertiary/aromatic N) is 4. The second-order valence-corrected chi connectivity index (χ2v) is 8.22. The maximum absolute atomic E-state index is 14.1. The summed E-state index contributed by atoms with van der Waals surface area (Å²) >= 11 is 2.82. The van der Waals surface area contributed by atoms with Crippen molar-refractivity contribution in [2.75, 3.05) is 0 Å². The standard InChI is InChI=1S/C19H13FN4O2S2/c20-14-6-2-1-4-12(14)10-23-19(26)24-15-7-9-28-16(15)17(25)22(18(24)21-23)11-13-5-3-8-27-13/h1-9H,10-11H2. The average Bonchev–Trinajstić information content (AvgIpc) is 3.42. The summed E-state index contributed by atoms with van der Waals surface area (Å²) in [6.45, 7) is 0.315. The lowest BCUT2D eigenvalue weighted by Crippen LogP contribution is -2.26. The Morgan fingerprint density at radius 3 is 2.61 bits per heavy atom. The molecule has 0 spiro atoms. The molecular weight excluding hydrogens is 399 g/mol. The normalized spacial score (nSPS) is 11.6. The quantitative estimate of drug-likeness (QED) is 0.456. The van der Waals surface area contributed by atoms with Crippen molar-refractivity contribution in [2.45, 2.75) is 13.1 Å². The number of hydrogen-bond acceptors (Lipinski definition) is 5. The first-order valence-corrected chi connectivity index (χ1v) is 10.2. The third-order valence-corrected chi connectivity index (χ3v) is 6.31. The smallest absolute Gasteiger partial charge is 0.270 e. The highest BCUT2D eigenvalue weighted by molar-refractivity contribution is 7.17. The molecule has 0 atom stereocenters. The van der Waals surface area contributed by atoms with E-state index in [0.717, 1.165) is 4.88 Å². The fourth-order valence-electron chi connectivity index (χ4n) is 3.23. The minimum absolute atomic E-state index is 0.00793. The van der Waals surface area contributed by atoms with Crippen LogP contribution in [0, 0.1) is 5.82 Å². The third-order valence-electron chi connectivity index (χ3n) is 4.56. The van der Waals surface area contributed by atoms with Crippen molar-refractivity contribution in [1.29, 1.82) is 0 Å². The van der Waals surface area contributed by atoms with E-state index in [-0.39, 0.29) is 17.9 Å². The van der Waals surface area contributed by atoms with Gasteiger partial charge in [0.25, 0.3) is 5.56 Å². The Balaban J connectivity index is 1.77. The Bertz CT molecular complexity index is 1430. The summed E-state index contributed by atoms with van der Waals surface area (Å²) in [4.78, 5) is 27.1. The van der Waals surface area contributed by atoms with Gasteiger partial charge in [-0.25, -0.2) is 18.3 Å². The summed E-state index contributed by atoms with van der Waals surface area (Å²) in [7, 11) is 0. The largest absolute Gasteiger partial charge is 0.352 e. The molecule has 140 valence electrons. The Kier molecular flexibility index (Phi) is 3.99. The van der Waals surface area contributed by atoms with E-state index >= 15 is 0 Å². The number of hydrogen-bond donors (Lipinski definition) is 0. The predicted molar refractivity (Wildman–Crippen MR) is 108 cm³/mol. The van der Waals surface area contributed by atoms with Gasteiger partial charge >= 0.3 is 5.69 Å². The molecule has 5 rings (SSSR count). The van der Waals surface area contributed by atoms with Gasteiger partial charge < -0.3 is 0 Å². The van der Waals surface area contributed by atoms with E-state index in [4.69, 9.17) is 0 Å². The molecule has 0 N–H and O–H groups in total. The van der Waals surface area contributed by atoms with Crippen LogP contribution in [-0.2, 0) is 13.1 Å². The van der Waals surface area contributed by atoms with E-state index in [1.54, 1.807) is 29.6 Å². The first-order chi connectivity index (χ1) is 13.6. The van der Waals surface area contributed by atoms with E-state index < -0.39 is 11.5 Å². The molecule has 9 heteroatoms. The number of thiophene rings is 2.